The molecular weight excluding hydrogens is 1880 g/mol. The van der Waals surface area contributed by atoms with E-state index in [0.29, 0.717) is 28.1 Å². The molecule has 0 bridgehead atoms. The van der Waals surface area contributed by atoms with Gasteiger partial charge in [0.1, 0.15) is 23.3 Å². The minimum atomic E-state index is -4.76. The van der Waals surface area contributed by atoms with Gasteiger partial charge in [-0.2, -0.15) is 13.2 Å². The van der Waals surface area contributed by atoms with Crippen LogP contribution >= 0.6 is 34.8 Å². The summed E-state index contributed by atoms with van der Waals surface area (Å²) in [5.41, 5.74) is 24.2. The fraction of sp³-hybridized carbons (Fsp3) is 0.125. The first-order valence-corrected chi connectivity index (χ1v) is 46.3. The molecule has 0 spiro atoms. The molecule has 21 aromatic rings. The maximum absolute atomic E-state index is 14.5. The predicted molar refractivity (Wildman–Crippen MR) is 540 cm³/mol. The lowest BCUT2D eigenvalue weighted by molar-refractivity contribution is -0.140. The molecule has 0 radical (unpaired) electrons. The third kappa shape index (κ3) is 25.0. The summed E-state index contributed by atoms with van der Waals surface area (Å²) in [4.78, 5) is 79.5. The Bertz CT molecular complexity index is 6480. The van der Waals surface area contributed by atoms with E-state index in [1.807, 2.05) is 104 Å². The Morgan fingerprint density at radius 3 is 0.769 bits per heavy atom. The Morgan fingerprint density at radius 1 is 0.224 bits per heavy atom. The summed E-state index contributed by atoms with van der Waals surface area (Å²) in [6.07, 6.45) is 37.8. The molecule has 0 aliphatic carbocycles. The summed E-state index contributed by atoms with van der Waals surface area (Å²) in [6.45, 7) is 12.9. The number of alkyl halides is 3. The van der Waals surface area contributed by atoms with Gasteiger partial charge >= 0.3 is 6.18 Å². The van der Waals surface area contributed by atoms with Gasteiger partial charge in [-0.25, -0.2) is 52.4 Å². The molecule has 0 saturated heterocycles. The summed E-state index contributed by atoms with van der Waals surface area (Å²) < 4.78 is 96.4. The second-order valence-corrected chi connectivity index (χ2v) is 34.2. The number of nitrogens with one attached hydrogen (secondary N) is 7. The van der Waals surface area contributed by atoms with Crippen molar-refractivity contribution in [3.8, 4) is 0 Å². The molecule has 21 nitrogen and oxygen atoms in total. The number of nitrogens with zero attached hydrogens (tertiary/aromatic N) is 14. The van der Waals surface area contributed by atoms with Crippen LogP contribution in [0.4, 0.5) is 30.7 Å². The van der Waals surface area contributed by atoms with Crippen molar-refractivity contribution in [1.29, 1.82) is 0 Å². The van der Waals surface area contributed by atoms with Crippen LogP contribution in [0.5, 0.6) is 0 Å². The number of aromatic nitrogens is 21. The number of pyridine rings is 7. The Kier molecular flexibility index (Phi) is 34.4. The highest BCUT2D eigenvalue weighted by Gasteiger charge is 2.37. The van der Waals surface area contributed by atoms with Gasteiger partial charge in [0.2, 0.25) is 0 Å². The van der Waals surface area contributed by atoms with Crippen molar-refractivity contribution < 1.29 is 30.7 Å². The molecule has 7 atom stereocenters. The van der Waals surface area contributed by atoms with Crippen molar-refractivity contribution in [2.75, 3.05) is 0 Å². The van der Waals surface area contributed by atoms with Crippen LogP contribution in [0.2, 0.25) is 15.1 Å². The van der Waals surface area contributed by atoms with Crippen LogP contribution in [-0.2, 0) is 6.18 Å². The minimum absolute atomic E-state index is 0.0959. The van der Waals surface area contributed by atoms with Gasteiger partial charge < -0.3 is 34.9 Å². The number of imidazole rings is 7. The van der Waals surface area contributed by atoms with Crippen molar-refractivity contribution in [2.24, 2.45) is 0 Å². The molecule has 0 aliphatic heterocycles. The molecular formula is C112H95Cl3F7N21. The Balaban J connectivity index is 0.000000126. The topological polar surface area (TPSA) is 291 Å². The minimum Gasteiger partial charge on any atom is -0.348 e. The van der Waals surface area contributed by atoms with E-state index >= 15 is 0 Å². The van der Waals surface area contributed by atoms with E-state index < -0.39 is 40.9 Å². The van der Waals surface area contributed by atoms with Crippen LogP contribution in [0, 0.1) is 64.8 Å². The van der Waals surface area contributed by atoms with Gasteiger partial charge in [-0.15, -0.1) is 0 Å². The molecule has 0 amide bonds. The largest absolute Gasteiger partial charge is 0.419 e. The lowest BCUT2D eigenvalue weighted by Crippen LogP contribution is -2.14. The standard InChI is InChI=1S/3C17H17N3.C16H11F4N3.3C15H11ClFN3/c1-12-5-3-7-15(13(12)2)17(16-10-19-11-20-16)14-6-4-8-18-9-14;1-12-6-5-7-14(13(12)2)17(16-10-18-11-20-16)15-8-3-4-9-19-15;1-12-4-3-5-15(13(12)2)17(16-10-19-11-20-16)14-6-8-18-9-7-14;17-15-10(4-3-5-11(15)16(18,19)20)14(13-8-21-9-23-13)12-6-1-2-7-22-12;16-12-5-1-4-11(15(12)17)14(13-8-19-9-20-13)10-3-2-6-18-7-10;16-11-5-3-4-10(15(11)17)14(13-8-18-9-20-13)12-6-1-2-7-19-12;16-12-3-1-2-11(15(12)17)14(13-8-19-9-20-13)10-4-6-18-7-5-10/h3-11,17H,1-2H3,(H,19,20);3-11,17H,1-2H3,(H,18,20);3-11,17H,1-2H3,(H,19,20);1-9,14H,(H,21,23);1-9,14H,(H,19,20);1-9,14H,(H,18,20);1-9,14H,(H,19,20). The highest BCUT2D eigenvalue weighted by molar-refractivity contribution is 6.31. The van der Waals surface area contributed by atoms with Gasteiger partial charge in [-0.3, -0.25) is 34.9 Å². The summed E-state index contributed by atoms with van der Waals surface area (Å²) in [7, 11) is 0. The third-order valence-corrected chi connectivity index (χ3v) is 25.1. The maximum atomic E-state index is 14.5. The van der Waals surface area contributed by atoms with Gasteiger partial charge in [0, 0.05) is 174 Å². The van der Waals surface area contributed by atoms with Gasteiger partial charge in [0.05, 0.1) is 123 Å². The van der Waals surface area contributed by atoms with Crippen molar-refractivity contribution in [3.63, 3.8) is 0 Å². The molecule has 14 heterocycles. The quantitative estimate of drug-likeness (QED) is 0.0329. The van der Waals surface area contributed by atoms with Crippen LogP contribution < -0.4 is 0 Å². The first kappa shape index (κ1) is 101. The molecule has 0 saturated carbocycles. The second-order valence-electron chi connectivity index (χ2n) is 33.0. The Hall–Kier alpha value is -16.6. The van der Waals surface area contributed by atoms with E-state index in [1.54, 1.807) is 148 Å². The van der Waals surface area contributed by atoms with Crippen molar-refractivity contribution in [2.45, 2.75) is 89.1 Å². The zero-order chi connectivity index (χ0) is 100. The molecule has 14 aromatic heterocycles. The van der Waals surface area contributed by atoms with E-state index in [1.165, 1.54) is 110 Å². The number of hydrogen-bond acceptors (Lipinski definition) is 14. The Labute approximate surface area is 835 Å². The zero-order valence-electron chi connectivity index (χ0n) is 78.0. The monoisotopic (exact) mass is 1970 g/mol. The van der Waals surface area contributed by atoms with Gasteiger partial charge in [0.15, 0.2) is 0 Å². The van der Waals surface area contributed by atoms with Crippen molar-refractivity contribution in [1.82, 2.24) is 105 Å². The van der Waals surface area contributed by atoms with Gasteiger partial charge in [-0.1, -0.05) is 168 Å². The van der Waals surface area contributed by atoms with Crippen molar-refractivity contribution >= 4 is 34.8 Å². The SMILES string of the molecule is Cc1cccc(C(c2ccccn2)c2cnc[nH]2)c1C.Cc1cccc(C(c2cccnc2)c2cnc[nH]2)c1C.Cc1cccc(C(c2ccncc2)c2cnc[nH]2)c1C.Fc1c(C(c2ccccn2)c2cnc[nH]2)cccc1C(F)(F)F.Fc1c(Cl)cccc1C(c1ccccn1)c1cnc[nH]1.Fc1c(Cl)cccc1C(c1cccnc1)c1cnc[nH]1.Fc1c(Cl)cccc1C(c1ccncc1)c1cnc[nH]1. The number of H-pyrrole nitrogens is 7. The average molecular weight is 1970 g/mol. The van der Waals surface area contributed by atoms with E-state index in [9.17, 15) is 30.7 Å². The number of benzene rings is 7. The van der Waals surface area contributed by atoms with E-state index in [2.05, 4.69) is 225 Å². The van der Waals surface area contributed by atoms with E-state index in [0.717, 1.165) is 62.7 Å². The van der Waals surface area contributed by atoms with E-state index in [4.69, 9.17) is 34.8 Å². The number of rotatable bonds is 21. The molecule has 7 N–H and O–H groups in total. The molecule has 7 unspecified atom stereocenters. The lowest BCUT2D eigenvalue weighted by Gasteiger charge is -2.19. The third-order valence-electron chi connectivity index (χ3n) is 24.3. The first-order chi connectivity index (χ1) is 69.6. The van der Waals surface area contributed by atoms with Gasteiger partial charge in [0.25, 0.3) is 0 Å². The van der Waals surface area contributed by atoms with Crippen LogP contribution in [0.25, 0.3) is 0 Å². The summed E-state index contributed by atoms with van der Waals surface area (Å²) >= 11 is 17.7. The lowest BCUT2D eigenvalue weighted by atomic mass is 9.85. The number of aromatic amines is 7. The summed E-state index contributed by atoms with van der Waals surface area (Å²) in [5, 5.41) is 0.319. The smallest absolute Gasteiger partial charge is 0.348 e. The van der Waals surface area contributed by atoms with Crippen LogP contribution in [0.15, 0.2) is 386 Å². The average Bonchev–Trinajstić information content (AvgIpc) is 1.71. The maximum Gasteiger partial charge on any atom is 0.419 e. The van der Waals surface area contributed by atoms with Gasteiger partial charge in [-0.05, 0) is 211 Å². The van der Waals surface area contributed by atoms with Crippen LogP contribution in [-0.4, -0.2) is 105 Å². The number of aryl methyl sites for hydroxylation is 3. The molecule has 0 aliphatic rings. The van der Waals surface area contributed by atoms with Crippen LogP contribution in [0.1, 0.15) is 199 Å². The zero-order valence-corrected chi connectivity index (χ0v) is 80.2. The number of hydrogen-bond donors (Lipinski definition) is 7. The molecule has 0 fully saturated rings. The predicted octanol–water partition coefficient (Wildman–Crippen LogP) is 26.3. The Morgan fingerprint density at radius 2 is 0.483 bits per heavy atom. The molecule has 7 aromatic carbocycles. The summed E-state index contributed by atoms with van der Waals surface area (Å²) in [5.74, 6) is -3.93. The van der Waals surface area contributed by atoms with Crippen molar-refractivity contribution in [3.05, 3.63) is 582 Å². The normalized spacial score (nSPS) is 12.4. The molecule has 718 valence electrons. The van der Waals surface area contributed by atoms with E-state index in [-0.39, 0.29) is 56.1 Å². The molecule has 143 heavy (non-hydrogen) atoms. The highest BCUT2D eigenvalue weighted by Crippen LogP contribution is 2.43. The fourth-order valence-electron chi connectivity index (χ4n) is 16.9. The number of halogens is 10. The van der Waals surface area contributed by atoms with Crippen LogP contribution in [0.3, 0.4) is 0 Å². The summed E-state index contributed by atoms with van der Waals surface area (Å²) in [6, 6.07) is 69.7. The molecule has 31 heteroatoms. The fourth-order valence-corrected chi connectivity index (χ4v) is 17.4. The highest BCUT2D eigenvalue weighted by atomic mass is 35.5. The first-order valence-electron chi connectivity index (χ1n) is 45.2. The second kappa shape index (κ2) is 48.8. The molecule has 21 rings (SSSR count).